The van der Waals surface area contributed by atoms with Crippen LogP contribution in [0.5, 0.6) is 0 Å². The van der Waals surface area contributed by atoms with Gasteiger partial charge in [0.25, 0.3) is 0 Å². The molecule has 31 heavy (non-hydrogen) atoms. The third-order valence-electron chi connectivity index (χ3n) is 4.91. The summed E-state index contributed by atoms with van der Waals surface area (Å²) in [5, 5.41) is 12.3. The van der Waals surface area contributed by atoms with Gasteiger partial charge in [-0.2, -0.15) is 0 Å². The predicted molar refractivity (Wildman–Crippen MR) is 113 cm³/mol. The molecular formula is C22H25FN2O5S. The fraction of sp³-hybridized carbons (Fsp3) is 0.318. The average molecular weight is 449 g/mol. The zero-order valence-corrected chi connectivity index (χ0v) is 17.8. The van der Waals surface area contributed by atoms with E-state index in [1.807, 2.05) is 6.92 Å². The van der Waals surface area contributed by atoms with Crippen LogP contribution in [0.25, 0.3) is 0 Å². The molecule has 3 rings (SSSR count). The molecule has 0 aliphatic carbocycles. The molecule has 166 valence electrons. The van der Waals surface area contributed by atoms with E-state index in [1.165, 1.54) is 18.2 Å². The van der Waals surface area contributed by atoms with Crippen molar-refractivity contribution in [1.29, 1.82) is 0 Å². The molecule has 0 unspecified atom stereocenters. The number of ether oxygens (including phenoxy) is 1. The Morgan fingerprint density at radius 1 is 1.13 bits per heavy atom. The number of aliphatic hydroxyl groups is 1. The van der Waals surface area contributed by atoms with Crippen LogP contribution < -0.4 is 10.0 Å². The smallest absolute Gasteiger partial charge is 0.241 e. The van der Waals surface area contributed by atoms with E-state index in [0.29, 0.717) is 5.56 Å². The average Bonchev–Trinajstić information content (AvgIpc) is 2.74. The van der Waals surface area contributed by atoms with E-state index in [4.69, 9.17) is 4.74 Å². The Hall–Kier alpha value is -2.59. The maximum absolute atomic E-state index is 13.6. The first-order valence-corrected chi connectivity index (χ1v) is 11.3. The van der Waals surface area contributed by atoms with Crippen molar-refractivity contribution in [3.8, 4) is 0 Å². The molecular weight excluding hydrogens is 423 g/mol. The molecule has 9 heteroatoms. The van der Waals surface area contributed by atoms with Gasteiger partial charge >= 0.3 is 0 Å². The molecule has 7 nitrogen and oxygen atoms in total. The van der Waals surface area contributed by atoms with Crippen LogP contribution in [0.1, 0.15) is 17.5 Å². The van der Waals surface area contributed by atoms with Crippen molar-refractivity contribution >= 4 is 15.9 Å². The van der Waals surface area contributed by atoms with Crippen molar-refractivity contribution in [2.45, 2.75) is 43.0 Å². The molecule has 0 fully saturated rings. The molecule has 1 aliphatic heterocycles. The number of carbonyl (C=O) groups is 1. The number of hydrogen-bond acceptors (Lipinski definition) is 5. The highest BCUT2D eigenvalue weighted by molar-refractivity contribution is 7.89. The number of sulfonamides is 1. The number of amides is 1. The molecule has 3 N–H and O–H groups in total. The van der Waals surface area contributed by atoms with Gasteiger partial charge in [-0.05, 0) is 25.1 Å². The van der Waals surface area contributed by atoms with Crippen molar-refractivity contribution < 1.29 is 27.4 Å². The third kappa shape index (κ3) is 6.20. The Morgan fingerprint density at radius 3 is 2.52 bits per heavy atom. The number of nitrogens with one attached hydrogen (secondary N) is 2. The maximum Gasteiger partial charge on any atom is 0.241 e. The number of aliphatic hydroxyl groups excluding tert-OH is 1. The van der Waals surface area contributed by atoms with Crippen molar-refractivity contribution in [2.24, 2.45) is 0 Å². The van der Waals surface area contributed by atoms with Gasteiger partial charge in [0.2, 0.25) is 15.9 Å². The Labute approximate surface area is 181 Å². The number of carbonyl (C=O) groups excluding carboxylic acids is 1. The quantitative estimate of drug-likeness (QED) is 0.534. The highest BCUT2D eigenvalue weighted by atomic mass is 32.2. The Kier molecular flexibility index (Phi) is 7.55. The van der Waals surface area contributed by atoms with E-state index < -0.39 is 40.7 Å². The molecule has 1 heterocycles. The summed E-state index contributed by atoms with van der Waals surface area (Å²) >= 11 is 0. The summed E-state index contributed by atoms with van der Waals surface area (Å²) in [5.41, 5.74) is 1.30. The number of halogens is 1. The molecule has 0 saturated heterocycles. The summed E-state index contributed by atoms with van der Waals surface area (Å²) < 4.78 is 47.1. The van der Waals surface area contributed by atoms with E-state index in [2.05, 4.69) is 10.0 Å². The lowest BCUT2D eigenvalue weighted by Gasteiger charge is -2.31. The summed E-state index contributed by atoms with van der Waals surface area (Å²) in [7, 11) is -3.81. The van der Waals surface area contributed by atoms with Gasteiger partial charge in [-0.1, -0.05) is 48.0 Å². The first-order chi connectivity index (χ1) is 14.8. The second-order valence-electron chi connectivity index (χ2n) is 7.31. The van der Waals surface area contributed by atoms with Gasteiger partial charge in [-0.15, -0.1) is 0 Å². The third-order valence-corrected chi connectivity index (χ3v) is 6.38. The molecule has 1 amide bonds. The summed E-state index contributed by atoms with van der Waals surface area (Å²) in [4.78, 5) is 12.3. The fourth-order valence-electron chi connectivity index (χ4n) is 3.17. The molecule has 3 atom stereocenters. The molecule has 0 aromatic heterocycles. The minimum Gasteiger partial charge on any atom is -0.394 e. The second-order valence-corrected chi connectivity index (χ2v) is 9.03. The van der Waals surface area contributed by atoms with Crippen LogP contribution >= 0.6 is 0 Å². The van der Waals surface area contributed by atoms with Crippen molar-refractivity contribution in [3.63, 3.8) is 0 Å². The molecule has 1 aliphatic rings. The van der Waals surface area contributed by atoms with Crippen LogP contribution in [0.2, 0.25) is 0 Å². The normalized spacial score (nSPS) is 21.1. The first-order valence-electron chi connectivity index (χ1n) is 9.82. The zero-order chi connectivity index (χ0) is 22.4. The van der Waals surface area contributed by atoms with Crippen LogP contribution in [0.15, 0.2) is 65.6 Å². The molecule has 2 aromatic carbocycles. The topological polar surface area (TPSA) is 105 Å². The SMILES string of the molecule is Cc1ccc(S(=O)(=O)N[C@H]2C=C[C@@H](CC(=O)NCc3ccccc3F)O[C@H]2CO)cc1. The lowest BCUT2D eigenvalue weighted by atomic mass is 10.1. The van der Waals surface area contributed by atoms with Gasteiger partial charge in [0, 0.05) is 12.1 Å². The predicted octanol–water partition coefficient (Wildman–Crippen LogP) is 1.80. The number of hydrogen-bond donors (Lipinski definition) is 3. The molecule has 0 saturated carbocycles. The monoisotopic (exact) mass is 448 g/mol. The molecule has 0 radical (unpaired) electrons. The van der Waals surface area contributed by atoms with E-state index in [-0.39, 0.29) is 23.8 Å². The van der Waals surface area contributed by atoms with Crippen LogP contribution in [-0.4, -0.2) is 44.3 Å². The largest absolute Gasteiger partial charge is 0.394 e. The minimum absolute atomic E-state index is 0.0428. The maximum atomic E-state index is 13.6. The van der Waals surface area contributed by atoms with Crippen LogP contribution in [0.3, 0.4) is 0 Å². The summed E-state index contributed by atoms with van der Waals surface area (Å²) in [6.07, 6.45) is 1.62. The van der Waals surface area contributed by atoms with Crippen molar-refractivity contribution in [2.75, 3.05) is 6.61 Å². The highest BCUT2D eigenvalue weighted by Gasteiger charge is 2.31. The summed E-state index contributed by atoms with van der Waals surface area (Å²) in [6.45, 7) is 1.47. The van der Waals surface area contributed by atoms with Crippen LogP contribution in [0, 0.1) is 12.7 Å². The van der Waals surface area contributed by atoms with E-state index >= 15 is 0 Å². The van der Waals surface area contributed by atoms with E-state index in [9.17, 15) is 22.7 Å². The lowest BCUT2D eigenvalue weighted by Crippen LogP contribution is -2.49. The lowest BCUT2D eigenvalue weighted by molar-refractivity contribution is -0.125. The Balaban J connectivity index is 1.59. The van der Waals surface area contributed by atoms with Gasteiger partial charge in [-0.3, -0.25) is 4.79 Å². The fourth-order valence-corrected chi connectivity index (χ4v) is 4.38. The number of rotatable bonds is 8. The Bertz CT molecular complexity index is 1040. The zero-order valence-electron chi connectivity index (χ0n) is 17.0. The van der Waals surface area contributed by atoms with Crippen molar-refractivity contribution in [1.82, 2.24) is 10.0 Å². The van der Waals surface area contributed by atoms with Gasteiger partial charge in [0.1, 0.15) is 11.9 Å². The van der Waals surface area contributed by atoms with Crippen LogP contribution in [0.4, 0.5) is 4.39 Å². The van der Waals surface area contributed by atoms with Crippen LogP contribution in [-0.2, 0) is 26.1 Å². The highest BCUT2D eigenvalue weighted by Crippen LogP contribution is 2.19. The number of benzene rings is 2. The molecule has 2 aromatic rings. The van der Waals surface area contributed by atoms with Gasteiger partial charge in [0.05, 0.1) is 30.1 Å². The standard InChI is InChI=1S/C22H25FN2O5S/c1-15-6-9-18(10-7-15)31(28,29)25-20-11-8-17(30-21(20)14-26)12-22(27)24-13-16-4-2-3-5-19(16)23/h2-11,17,20-21,25-26H,12-14H2,1H3,(H,24,27)/t17-,20-,21-/m0/s1. The van der Waals surface area contributed by atoms with Gasteiger partial charge < -0.3 is 15.2 Å². The summed E-state index contributed by atoms with van der Waals surface area (Å²) in [5.74, 6) is -0.756. The van der Waals surface area contributed by atoms with Gasteiger partial charge in [-0.25, -0.2) is 17.5 Å². The van der Waals surface area contributed by atoms with Crippen molar-refractivity contribution in [3.05, 3.63) is 77.6 Å². The molecule has 0 bridgehead atoms. The first kappa shape index (κ1) is 23.1. The molecule has 0 spiro atoms. The van der Waals surface area contributed by atoms with Gasteiger partial charge in [0.15, 0.2) is 0 Å². The van der Waals surface area contributed by atoms with E-state index in [0.717, 1.165) is 5.56 Å². The second kappa shape index (κ2) is 10.1. The van der Waals surface area contributed by atoms with E-state index in [1.54, 1.807) is 42.5 Å². The minimum atomic E-state index is -3.81. The summed E-state index contributed by atoms with van der Waals surface area (Å²) in [6, 6.07) is 11.8. The number of aryl methyl sites for hydroxylation is 1. The Morgan fingerprint density at radius 2 is 1.84 bits per heavy atom.